The van der Waals surface area contributed by atoms with E-state index in [-0.39, 0.29) is 0 Å². The van der Waals surface area contributed by atoms with E-state index in [9.17, 15) is 0 Å². The highest BCUT2D eigenvalue weighted by Crippen LogP contribution is 2.33. The maximum atomic E-state index is 4.71. The third kappa shape index (κ3) is 1.73. The van der Waals surface area contributed by atoms with Gasteiger partial charge in [-0.05, 0) is 41.4 Å². The van der Waals surface area contributed by atoms with Gasteiger partial charge in [0.05, 0.1) is 10.3 Å². The number of nitrogens with zero attached hydrogens (tertiary/aromatic N) is 4. The maximum absolute atomic E-state index is 4.71. The zero-order valence-electron chi connectivity index (χ0n) is 10.7. The molecule has 0 aliphatic heterocycles. The molecule has 0 radical (unpaired) electrons. The van der Waals surface area contributed by atoms with E-state index in [1.807, 2.05) is 11.4 Å². The number of fused-ring (bicyclic) bond motifs is 3. The third-order valence-electron chi connectivity index (χ3n) is 3.29. The standard InChI is InChI=1S/C13H9BrN4S2/c1-6-7(2)20-13-10(6)12-16-11(17-18(12)5-15-13)9-3-8(14)4-19-9/h3-5H,1-2H3. The molecule has 4 aromatic rings. The summed E-state index contributed by atoms with van der Waals surface area (Å²) in [5, 5.41) is 7.69. The first-order chi connectivity index (χ1) is 9.63. The SMILES string of the molecule is Cc1sc2ncn3nc(-c4cc(Br)cs4)nc3c2c1C. The lowest BCUT2D eigenvalue weighted by atomic mass is 10.2. The smallest absolute Gasteiger partial charge is 0.192 e. The summed E-state index contributed by atoms with van der Waals surface area (Å²) in [6.07, 6.45) is 1.74. The summed E-state index contributed by atoms with van der Waals surface area (Å²) in [6.45, 7) is 4.23. The maximum Gasteiger partial charge on any atom is 0.192 e. The van der Waals surface area contributed by atoms with Crippen LogP contribution in [0.1, 0.15) is 10.4 Å². The molecule has 0 aromatic carbocycles. The van der Waals surface area contributed by atoms with Gasteiger partial charge in [0.1, 0.15) is 11.2 Å². The lowest BCUT2D eigenvalue weighted by molar-refractivity contribution is 0.940. The summed E-state index contributed by atoms with van der Waals surface area (Å²) < 4.78 is 2.83. The number of aromatic nitrogens is 4. The van der Waals surface area contributed by atoms with E-state index in [1.54, 1.807) is 33.5 Å². The lowest BCUT2D eigenvalue weighted by Gasteiger charge is -1.93. The fourth-order valence-corrected chi connectivity index (χ4v) is 4.53. The van der Waals surface area contributed by atoms with Crippen molar-refractivity contribution < 1.29 is 0 Å². The molecule has 0 spiro atoms. The Balaban J connectivity index is 2.06. The van der Waals surface area contributed by atoms with E-state index in [2.05, 4.69) is 39.9 Å². The topological polar surface area (TPSA) is 43.1 Å². The van der Waals surface area contributed by atoms with Crippen LogP contribution in [0, 0.1) is 13.8 Å². The number of hydrogen-bond acceptors (Lipinski definition) is 5. The zero-order chi connectivity index (χ0) is 13.9. The number of aryl methyl sites for hydroxylation is 2. The van der Waals surface area contributed by atoms with Crippen molar-refractivity contribution in [2.45, 2.75) is 13.8 Å². The molecule has 4 heterocycles. The van der Waals surface area contributed by atoms with Crippen LogP contribution in [0.3, 0.4) is 0 Å². The summed E-state index contributed by atoms with van der Waals surface area (Å²) in [6, 6.07) is 2.04. The van der Waals surface area contributed by atoms with Gasteiger partial charge >= 0.3 is 0 Å². The summed E-state index contributed by atoms with van der Waals surface area (Å²) in [5.74, 6) is 0.748. The third-order valence-corrected chi connectivity index (χ3v) is 6.10. The van der Waals surface area contributed by atoms with Crippen LogP contribution in [-0.2, 0) is 0 Å². The molecule has 0 saturated carbocycles. The van der Waals surface area contributed by atoms with E-state index in [0.717, 1.165) is 31.0 Å². The summed E-state index contributed by atoms with van der Waals surface area (Å²) in [7, 11) is 0. The highest BCUT2D eigenvalue weighted by Gasteiger charge is 2.15. The molecule has 4 rings (SSSR count). The van der Waals surface area contributed by atoms with Crippen molar-refractivity contribution in [1.82, 2.24) is 19.6 Å². The number of rotatable bonds is 1. The summed E-state index contributed by atoms with van der Waals surface area (Å²) in [4.78, 5) is 12.5. The average molecular weight is 365 g/mol. The van der Waals surface area contributed by atoms with Gasteiger partial charge in [0.15, 0.2) is 11.5 Å². The van der Waals surface area contributed by atoms with Crippen molar-refractivity contribution in [2.24, 2.45) is 0 Å². The van der Waals surface area contributed by atoms with Gasteiger partial charge in [0, 0.05) is 14.7 Å². The molecule has 0 aliphatic carbocycles. The fraction of sp³-hybridized carbons (Fsp3) is 0.154. The average Bonchev–Trinajstić information content (AvgIpc) is 3.08. The van der Waals surface area contributed by atoms with Crippen LogP contribution in [0.2, 0.25) is 0 Å². The predicted molar refractivity (Wildman–Crippen MR) is 86.7 cm³/mol. The monoisotopic (exact) mass is 364 g/mol. The van der Waals surface area contributed by atoms with Gasteiger partial charge in [0.2, 0.25) is 0 Å². The summed E-state index contributed by atoms with van der Waals surface area (Å²) in [5.41, 5.74) is 2.13. The van der Waals surface area contributed by atoms with Crippen LogP contribution in [0.15, 0.2) is 22.2 Å². The molecule has 0 N–H and O–H groups in total. The van der Waals surface area contributed by atoms with Gasteiger partial charge in [-0.3, -0.25) is 0 Å². The van der Waals surface area contributed by atoms with Crippen LogP contribution in [-0.4, -0.2) is 19.6 Å². The molecule has 0 unspecified atom stereocenters. The molecule has 7 heteroatoms. The molecule has 0 atom stereocenters. The Morgan fingerprint density at radius 2 is 2.15 bits per heavy atom. The van der Waals surface area contributed by atoms with Crippen LogP contribution in [0.25, 0.3) is 26.6 Å². The largest absolute Gasteiger partial charge is 0.225 e. The van der Waals surface area contributed by atoms with Gasteiger partial charge in [0.25, 0.3) is 0 Å². The Morgan fingerprint density at radius 3 is 2.90 bits per heavy atom. The Hall–Kier alpha value is -1.31. The van der Waals surface area contributed by atoms with E-state index in [0.29, 0.717) is 0 Å². The first-order valence-corrected chi connectivity index (χ1v) is 8.48. The Morgan fingerprint density at radius 1 is 1.30 bits per heavy atom. The molecule has 0 bridgehead atoms. The van der Waals surface area contributed by atoms with E-state index in [4.69, 9.17) is 4.98 Å². The van der Waals surface area contributed by atoms with Crippen LogP contribution < -0.4 is 0 Å². The van der Waals surface area contributed by atoms with Gasteiger partial charge in [-0.1, -0.05) is 0 Å². The van der Waals surface area contributed by atoms with Gasteiger partial charge in [-0.2, -0.15) is 0 Å². The molecule has 20 heavy (non-hydrogen) atoms. The molecule has 4 nitrogen and oxygen atoms in total. The highest BCUT2D eigenvalue weighted by atomic mass is 79.9. The fourth-order valence-electron chi connectivity index (χ4n) is 2.18. The van der Waals surface area contributed by atoms with Crippen LogP contribution >= 0.6 is 38.6 Å². The van der Waals surface area contributed by atoms with Crippen LogP contribution in [0.5, 0.6) is 0 Å². The number of halogens is 1. The minimum Gasteiger partial charge on any atom is -0.225 e. The first-order valence-electron chi connectivity index (χ1n) is 5.99. The quantitative estimate of drug-likeness (QED) is 0.501. The molecular formula is C13H9BrN4S2. The first kappa shape index (κ1) is 12.4. The Kier molecular flexibility index (Phi) is 2.70. The van der Waals surface area contributed by atoms with Gasteiger partial charge in [-0.15, -0.1) is 27.8 Å². The molecule has 0 saturated heterocycles. The second kappa shape index (κ2) is 4.34. The van der Waals surface area contributed by atoms with Crippen molar-refractivity contribution in [3.05, 3.63) is 32.7 Å². The minimum atomic E-state index is 0.748. The molecule has 0 aliphatic rings. The van der Waals surface area contributed by atoms with Crippen molar-refractivity contribution in [3.63, 3.8) is 0 Å². The van der Waals surface area contributed by atoms with E-state index < -0.39 is 0 Å². The van der Waals surface area contributed by atoms with E-state index >= 15 is 0 Å². The van der Waals surface area contributed by atoms with Crippen molar-refractivity contribution in [2.75, 3.05) is 0 Å². The van der Waals surface area contributed by atoms with Gasteiger partial charge in [-0.25, -0.2) is 14.5 Å². The highest BCUT2D eigenvalue weighted by molar-refractivity contribution is 9.10. The van der Waals surface area contributed by atoms with Crippen molar-refractivity contribution in [1.29, 1.82) is 0 Å². The number of hydrogen-bond donors (Lipinski definition) is 0. The molecular weight excluding hydrogens is 356 g/mol. The second-order valence-corrected chi connectivity index (χ2v) is 7.57. The van der Waals surface area contributed by atoms with Crippen molar-refractivity contribution >= 4 is 54.5 Å². The number of thiophene rings is 2. The van der Waals surface area contributed by atoms with Crippen molar-refractivity contribution in [3.8, 4) is 10.7 Å². The Labute approximate surface area is 131 Å². The molecule has 4 aromatic heterocycles. The molecule has 0 fully saturated rings. The summed E-state index contributed by atoms with van der Waals surface area (Å²) >= 11 is 6.80. The lowest BCUT2D eigenvalue weighted by Crippen LogP contribution is -1.89. The van der Waals surface area contributed by atoms with Crippen LogP contribution in [0.4, 0.5) is 0 Å². The Bertz CT molecular complexity index is 950. The van der Waals surface area contributed by atoms with Gasteiger partial charge < -0.3 is 0 Å². The minimum absolute atomic E-state index is 0.748. The zero-order valence-corrected chi connectivity index (χ0v) is 13.9. The predicted octanol–water partition coefficient (Wildman–Crippen LogP) is 4.45. The molecule has 100 valence electrons. The second-order valence-electron chi connectivity index (χ2n) is 4.54. The van der Waals surface area contributed by atoms with E-state index in [1.165, 1.54) is 10.4 Å². The normalized spacial score (nSPS) is 11.8. The molecule has 0 amide bonds.